The van der Waals surface area contributed by atoms with E-state index in [1.807, 2.05) is 18.2 Å². The Balaban J connectivity index is 2.24. The Morgan fingerprint density at radius 2 is 2.19 bits per heavy atom. The van der Waals surface area contributed by atoms with Crippen molar-refractivity contribution in [2.75, 3.05) is 0 Å². The van der Waals surface area contributed by atoms with Gasteiger partial charge < -0.3 is 10.2 Å². The van der Waals surface area contributed by atoms with E-state index in [-0.39, 0.29) is 0 Å². The third-order valence-corrected chi connectivity index (χ3v) is 3.15. The van der Waals surface area contributed by atoms with Gasteiger partial charge in [-0.2, -0.15) is 0 Å². The van der Waals surface area contributed by atoms with Gasteiger partial charge in [-0.05, 0) is 35.5 Å². The highest BCUT2D eigenvalue weighted by atomic mass is 79.9. The standard InChI is InChI=1S/C10H10BrN3OS/c1-6-13-14-10(15-6)16-9-3-7(5-12)2-8(11)4-9/h2-4H,5,12H2,1H3. The van der Waals surface area contributed by atoms with Crippen LogP contribution in [-0.2, 0) is 6.54 Å². The van der Waals surface area contributed by atoms with Crippen molar-refractivity contribution in [3.8, 4) is 0 Å². The molecule has 6 heteroatoms. The van der Waals surface area contributed by atoms with Gasteiger partial charge in [0.05, 0.1) is 0 Å². The molecule has 0 amide bonds. The van der Waals surface area contributed by atoms with E-state index in [0.29, 0.717) is 17.7 Å². The second-order valence-corrected chi connectivity index (χ2v) is 5.13. The molecule has 2 rings (SSSR count). The number of aryl methyl sites for hydroxylation is 1. The van der Waals surface area contributed by atoms with Gasteiger partial charge in [0, 0.05) is 22.8 Å². The molecule has 4 nitrogen and oxygen atoms in total. The molecule has 0 saturated heterocycles. The summed E-state index contributed by atoms with van der Waals surface area (Å²) in [6.07, 6.45) is 0. The van der Waals surface area contributed by atoms with Gasteiger partial charge in [-0.15, -0.1) is 10.2 Å². The Labute approximate surface area is 106 Å². The lowest BCUT2D eigenvalue weighted by Crippen LogP contribution is -1.96. The van der Waals surface area contributed by atoms with Crippen molar-refractivity contribution in [3.63, 3.8) is 0 Å². The second kappa shape index (κ2) is 4.99. The van der Waals surface area contributed by atoms with Crippen molar-refractivity contribution in [2.24, 2.45) is 5.73 Å². The fourth-order valence-corrected chi connectivity index (χ4v) is 2.75. The van der Waals surface area contributed by atoms with Crippen molar-refractivity contribution in [1.82, 2.24) is 10.2 Å². The van der Waals surface area contributed by atoms with Crippen LogP contribution in [0.15, 0.2) is 37.2 Å². The lowest BCUT2D eigenvalue weighted by molar-refractivity contribution is 0.429. The van der Waals surface area contributed by atoms with Crippen LogP contribution >= 0.6 is 27.7 Å². The van der Waals surface area contributed by atoms with Crippen LogP contribution in [0.25, 0.3) is 0 Å². The Morgan fingerprint density at radius 3 is 2.81 bits per heavy atom. The van der Waals surface area contributed by atoms with Crippen LogP contribution in [0.2, 0.25) is 0 Å². The summed E-state index contributed by atoms with van der Waals surface area (Å²) >= 11 is 4.86. The molecule has 0 radical (unpaired) electrons. The van der Waals surface area contributed by atoms with Gasteiger partial charge in [0.2, 0.25) is 5.89 Å². The van der Waals surface area contributed by atoms with E-state index in [1.165, 1.54) is 11.8 Å². The summed E-state index contributed by atoms with van der Waals surface area (Å²) in [5, 5.41) is 8.24. The molecule has 0 bridgehead atoms. The molecule has 2 N–H and O–H groups in total. The number of aromatic nitrogens is 2. The number of halogens is 1. The highest BCUT2D eigenvalue weighted by molar-refractivity contribution is 9.10. The van der Waals surface area contributed by atoms with Crippen LogP contribution in [-0.4, -0.2) is 10.2 Å². The molecule has 1 aromatic carbocycles. The summed E-state index contributed by atoms with van der Waals surface area (Å²) in [7, 11) is 0. The van der Waals surface area contributed by atoms with E-state index in [0.717, 1.165) is 14.9 Å². The number of rotatable bonds is 3. The number of nitrogens with zero attached hydrogens (tertiary/aromatic N) is 2. The highest BCUT2D eigenvalue weighted by Crippen LogP contribution is 2.29. The molecular formula is C10H10BrN3OS. The number of hydrogen-bond acceptors (Lipinski definition) is 5. The van der Waals surface area contributed by atoms with E-state index in [1.54, 1.807) is 6.92 Å². The molecular weight excluding hydrogens is 290 g/mol. The van der Waals surface area contributed by atoms with Gasteiger partial charge in [-0.25, -0.2) is 0 Å². The predicted molar refractivity (Wildman–Crippen MR) is 65.2 cm³/mol. The SMILES string of the molecule is Cc1nnc(Sc2cc(Br)cc(CN)c2)o1. The first kappa shape index (κ1) is 11.6. The lowest BCUT2D eigenvalue weighted by Gasteiger charge is -2.02. The Bertz CT molecular complexity index is 501. The van der Waals surface area contributed by atoms with Gasteiger partial charge in [0.25, 0.3) is 5.22 Å². The van der Waals surface area contributed by atoms with Crippen molar-refractivity contribution < 1.29 is 4.42 Å². The molecule has 84 valence electrons. The molecule has 0 aliphatic rings. The van der Waals surface area contributed by atoms with Crippen LogP contribution < -0.4 is 5.73 Å². The summed E-state index contributed by atoms with van der Waals surface area (Å²) in [6, 6.07) is 5.99. The van der Waals surface area contributed by atoms with E-state index >= 15 is 0 Å². The molecule has 0 saturated carbocycles. The van der Waals surface area contributed by atoms with Gasteiger partial charge in [-0.1, -0.05) is 15.9 Å². The number of nitrogens with two attached hydrogens (primary N) is 1. The van der Waals surface area contributed by atoms with Crippen molar-refractivity contribution >= 4 is 27.7 Å². The minimum Gasteiger partial charge on any atom is -0.416 e. The predicted octanol–water partition coefficient (Wildman–Crippen LogP) is 2.75. The zero-order chi connectivity index (χ0) is 11.5. The molecule has 0 aliphatic heterocycles. The molecule has 0 unspecified atom stereocenters. The van der Waals surface area contributed by atoms with Crippen molar-refractivity contribution in [3.05, 3.63) is 34.1 Å². The zero-order valence-electron chi connectivity index (χ0n) is 8.61. The van der Waals surface area contributed by atoms with E-state index < -0.39 is 0 Å². The van der Waals surface area contributed by atoms with Gasteiger partial charge >= 0.3 is 0 Å². The molecule has 0 spiro atoms. The van der Waals surface area contributed by atoms with Crippen LogP contribution in [0.5, 0.6) is 0 Å². The van der Waals surface area contributed by atoms with Crippen LogP contribution in [0.3, 0.4) is 0 Å². The highest BCUT2D eigenvalue weighted by Gasteiger charge is 2.06. The minimum absolute atomic E-state index is 0.510. The summed E-state index contributed by atoms with van der Waals surface area (Å²) in [4.78, 5) is 1.03. The van der Waals surface area contributed by atoms with Gasteiger partial charge in [0.15, 0.2) is 0 Å². The average molecular weight is 300 g/mol. The lowest BCUT2D eigenvalue weighted by atomic mass is 10.2. The molecule has 1 heterocycles. The van der Waals surface area contributed by atoms with E-state index in [4.69, 9.17) is 10.2 Å². The third-order valence-electron chi connectivity index (χ3n) is 1.88. The van der Waals surface area contributed by atoms with E-state index in [2.05, 4.69) is 26.1 Å². The Hall–Kier alpha value is -0.850. The quantitative estimate of drug-likeness (QED) is 0.944. The maximum atomic E-state index is 5.60. The molecule has 0 aliphatic carbocycles. The number of hydrogen-bond donors (Lipinski definition) is 1. The summed E-state index contributed by atoms with van der Waals surface area (Å²) in [5.41, 5.74) is 6.67. The van der Waals surface area contributed by atoms with Crippen molar-refractivity contribution in [1.29, 1.82) is 0 Å². The smallest absolute Gasteiger partial charge is 0.281 e. The topological polar surface area (TPSA) is 64.9 Å². The first-order chi connectivity index (χ1) is 7.67. The van der Waals surface area contributed by atoms with Gasteiger partial charge in [-0.3, -0.25) is 0 Å². The third kappa shape index (κ3) is 2.84. The average Bonchev–Trinajstić information content (AvgIpc) is 2.63. The van der Waals surface area contributed by atoms with Crippen LogP contribution in [0.4, 0.5) is 0 Å². The zero-order valence-corrected chi connectivity index (χ0v) is 11.0. The van der Waals surface area contributed by atoms with E-state index in [9.17, 15) is 0 Å². The number of benzene rings is 1. The largest absolute Gasteiger partial charge is 0.416 e. The monoisotopic (exact) mass is 299 g/mol. The summed E-state index contributed by atoms with van der Waals surface area (Å²) in [5.74, 6) is 0.566. The molecule has 0 fully saturated rings. The minimum atomic E-state index is 0.510. The first-order valence-corrected chi connectivity index (χ1v) is 6.26. The Morgan fingerprint density at radius 1 is 1.38 bits per heavy atom. The van der Waals surface area contributed by atoms with Crippen LogP contribution in [0.1, 0.15) is 11.5 Å². The first-order valence-electron chi connectivity index (χ1n) is 4.65. The maximum Gasteiger partial charge on any atom is 0.281 e. The summed E-state index contributed by atoms with van der Waals surface area (Å²) in [6.45, 7) is 2.28. The van der Waals surface area contributed by atoms with Gasteiger partial charge in [0.1, 0.15) is 0 Å². The molecule has 2 aromatic rings. The maximum absolute atomic E-state index is 5.60. The summed E-state index contributed by atoms with van der Waals surface area (Å²) < 4.78 is 6.29. The molecule has 16 heavy (non-hydrogen) atoms. The van der Waals surface area contributed by atoms with Crippen LogP contribution in [0, 0.1) is 6.92 Å². The molecule has 0 atom stereocenters. The second-order valence-electron chi connectivity index (χ2n) is 3.19. The Kier molecular flexibility index (Phi) is 3.63. The fourth-order valence-electron chi connectivity index (χ4n) is 1.22. The fraction of sp³-hybridized carbons (Fsp3) is 0.200. The molecule has 1 aromatic heterocycles. The van der Waals surface area contributed by atoms with Crippen molar-refractivity contribution in [2.45, 2.75) is 23.6 Å². The normalized spacial score (nSPS) is 10.7.